The number of ether oxygens (including phenoxy) is 1. The molecule has 1 atom stereocenters. The lowest BCUT2D eigenvalue weighted by Gasteiger charge is -2.24. The summed E-state index contributed by atoms with van der Waals surface area (Å²) in [4.78, 5) is 11.4. The van der Waals surface area contributed by atoms with E-state index in [1.54, 1.807) is 0 Å². The molecule has 0 aliphatic rings. The fourth-order valence-corrected chi connectivity index (χ4v) is 1.86. The van der Waals surface area contributed by atoms with Crippen molar-refractivity contribution < 1.29 is 9.53 Å². The fraction of sp³-hybridized carbons (Fsp3) is 0.667. The molecular formula is C21H38O2. The first kappa shape index (κ1) is 23.9. The minimum absolute atomic E-state index is 0.0347. The molecular weight excluding hydrogens is 284 g/mol. The van der Waals surface area contributed by atoms with Gasteiger partial charge in [-0.2, -0.15) is 0 Å². The Morgan fingerprint density at radius 3 is 2.00 bits per heavy atom. The molecule has 0 radical (unpaired) electrons. The standard InChI is InChI=1S/C12H24O2.C7H8.C2H6/c1-6-8-12(4,5)9-14-11(13)10(3)7-2;1-7-5-3-2-4-6-7;1-2/h10H,6-9H2,1-5H3;2-6H,1H3;1-2H3. The predicted molar refractivity (Wildman–Crippen MR) is 102 cm³/mol. The second kappa shape index (κ2) is 14.3. The molecule has 1 unspecified atom stereocenters. The second-order valence-electron chi connectivity index (χ2n) is 6.49. The molecule has 0 N–H and O–H groups in total. The van der Waals surface area contributed by atoms with Crippen LogP contribution in [0.5, 0.6) is 0 Å². The van der Waals surface area contributed by atoms with Crippen LogP contribution in [-0.4, -0.2) is 12.6 Å². The Kier molecular flexibility index (Phi) is 14.9. The van der Waals surface area contributed by atoms with Gasteiger partial charge < -0.3 is 4.74 Å². The Labute approximate surface area is 144 Å². The van der Waals surface area contributed by atoms with Gasteiger partial charge in [-0.05, 0) is 25.2 Å². The molecule has 1 aromatic rings. The van der Waals surface area contributed by atoms with Crippen LogP contribution >= 0.6 is 0 Å². The van der Waals surface area contributed by atoms with E-state index in [2.05, 4.69) is 39.8 Å². The largest absolute Gasteiger partial charge is 0.465 e. The zero-order valence-corrected chi connectivity index (χ0v) is 16.6. The molecule has 0 aliphatic carbocycles. The van der Waals surface area contributed by atoms with Crippen LogP contribution < -0.4 is 0 Å². The van der Waals surface area contributed by atoms with Crippen molar-refractivity contribution in [3.8, 4) is 0 Å². The number of hydrogen-bond acceptors (Lipinski definition) is 2. The first-order valence-corrected chi connectivity index (χ1v) is 9.00. The summed E-state index contributed by atoms with van der Waals surface area (Å²) in [5.41, 5.74) is 1.44. The van der Waals surface area contributed by atoms with Crippen molar-refractivity contribution in [2.45, 2.75) is 74.7 Å². The van der Waals surface area contributed by atoms with Crippen LogP contribution in [0, 0.1) is 18.3 Å². The first-order valence-electron chi connectivity index (χ1n) is 9.00. The Morgan fingerprint density at radius 2 is 1.65 bits per heavy atom. The summed E-state index contributed by atoms with van der Waals surface area (Å²) < 4.78 is 5.27. The SMILES string of the molecule is CC.CCCC(C)(C)COC(=O)C(C)CC.Cc1ccccc1. The van der Waals surface area contributed by atoms with E-state index in [0.717, 1.165) is 19.3 Å². The van der Waals surface area contributed by atoms with Crippen LogP contribution in [0.3, 0.4) is 0 Å². The Morgan fingerprint density at radius 1 is 1.13 bits per heavy atom. The van der Waals surface area contributed by atoms with Crippen molar-refractivity contribution in [1.29, 1.82) is 0 Å². The van der Waals surface area contributed by atoms with Gasteiger partial charge in [0, 0.05) is 0 Å². The molecule has 0 amide bonds. The summed E-state index contributed by atoms with van der Waals surface area (Å²) in [5.74, 6) is -0.0240. The highest BCUT2D eigenvalue weighted by atomic mass is 16.5. The topological polar surface area (TPSA) is 26.3 Å². The molecule has 2 heteroatoms. The third kappa shape index (κ3) is 14.0. The Bertz CT molecular complexity index is 382. The second-order valence-corrected chi connectivity index (χ2v) is 6.49. The molecule has 0 saturated carbocycles. The fourth-order valence-electron chi connectivity index (χ4n) is 1.86. The van der Waals surface area contributed by atoms with Gasteiger partial charge in [0.25, 0.3) is 0 Å². The summed E-state index contributed by atoms with van der Waals surface area (Å²) in [6.45, 7) is 17.0. The summed E-state index contributed by atoms with van der Waals surface area (Å²) in [6, 6.07) is 10.3. The minimum Gasteiger partial charge on any atom is -0.465 e. The minimum atomic E-state index is -0.0586. The van der Waals surface area contributed by atoms with Gasteiger partial charge in [-0.1, -0.05) is 90.8 Å². The molecule has 1 aromatic carbocycles. The zero-order chi connectivity index (χ0) is 18.3. The van der Waals surface area contributed by atoms with Crippen molar-refractivity contribution in [2.24, 2.45) is 11.3 Å². The molecule has 0 spiro atoms. The van der Waals surface area contributed by atoms with Crippen molar-refractivity contribution in [2.75, 3.05) is 6.61 Å². The van der Waals surface area contributed by atoms with Gasteiger partial charge in [-0.3, -0.25) is 4.79 Å². The van der Waals surface area contributed by atoms with Crippen LogP contribution in [0.2, 0.25) is 0 Å². The van der Waals surface area contributed by atoms with E-state index < -0.39 is 0 Å². The molecule has 0 fully saturated rings. The van der Waals surface area contributed by atoms with Crippen LogP contribution in [-0.2, 0) is 9.53 Å². The van der Waals surface area contributed by atoms with Gasteiger partial charge >= 0.3 is 5.97 Å². The van der Waals surface area contributed by atoms with Gasteiger partial charge in [0.2, 0.25) is 0 Å². The molecule has 2 nitrogen and oxygen atoms in total. The summed E-state index contributed by atoms with van der Waals surface area (Å²) >= 11 is 0. The lowest BCUT2D eigenvalue weighted by molar-refractivity contribution is -0.151. The summed E-state index contributed by atoms with van der Waals surface area (Å²) in [5, 5.41) is 0. The number of rotatable bonds is 6. The lowest BCUT2D eigenvalue weighted by Crippen LogP contribution is -2.24. The van der Waals surface area contributed by atoms with Gasteiger partial charge in [-0.15, -0.1) is 0 Å². The van der Waals surface area contributed by atoms with Crippen molar-refractivity contribution in [1.82, 2.24) is 0 Å². The number of carbonyl (C=O) groups excluding carboxylic acids is 1. The summed E-state index contributed by atoms with van der Waals surface area (Å²) in [7, 11) is 0. The monoisotopic (exact) mass is 322 g/mol. The van der Waals surface area contributed by atoms with Gasteiger partial charge in [0.1, 0.15) is 0 Å². The van der Waals surface area contributed by atoms with E-state index in [1.165, 1.54) is 5.56 Å². The molecule has 1 rings (SSSR count). The third-order valence-electron chi connectivity index (χ3n) is 3.49. The highest BCUT2D eigenvalue weighted by Crippen LogP contribution is 2.22. The van der Waals surface area contributed by atoms with E-state index in [9.17, 15) is 4.79 Å². The van der Waals surface area contributed by atoms with E-state index in [-0.39, 0.29) is 17.3 Å². The average Bonchev–Trinajstić information content (AvgIpc) is 2.55. The molecule has 0 aromatic heterocycles. The normalized spacial score (nSPS) is 11.3. The number of carbonyl (C=O) groups is 1. The quantitative estimate of drug-likeness (QED) is 0.565. The van der Waals surface area contributed by atoms with Gasteiger partial charge in [0.15, 0.2) is 0 Å². The number of benzene rings is 1. The molecule has 23 heavy (non-hydrogen) atoms. The molecule has 0 heterocycles. The molecule has 0 aliphatic heterocycles. The smallest absolute Gasteiger partial charge is 0.308 e. The zero-order valence-electron chi connectivity index (χ0n) is 16.6. The summed E-state index contributed by atoms with van der Waals surface area (Å²) in [6.07, 6.45) is 3.09. The predicted octanol–water partition coefficient (Wildman–Crippen LogP) is 6.42. The van der Waals surface area contributed by atoms with Crippen molar-refractivity contribution in [3.63, 3.8) is 0 Å². The molecule has 134 valence electrons. The van der Waals surface area contributed by atoms with E-state index in [0.29, 0.717) is 6.61 Å². The molecule has 0 bridgehead atoms. The Hall–Kier alpha value is -1.31. The van der Waals surface area contributed by atoms with Crippen LogP contribution in [0.4, 0.5) is 0 Å². The maximum absolute atomic E-state index is 11.4. The lowest BCUT2D eigenvalue weighted by atomic mass is 9.89. The molecule has 0 saturated heterocycles. The highest BCUT2D eigenvalue weighted by Gasteiger charge is 2.20. The first-order chi connectivity index (χ1) is 10.8. The number of esters is 1. The van der Waals surface area contributed by atoms with Crippen LogP contribution in [0.15, 0.2) is 30.3 Å². The van der Waals surface area contributed by atoms with Gasteiger partial charge in [-0.25, -0.2) is 0 Å². The van der Waals surface area contributed by atoms with Crippen LogP contribution in [0.1, 0.15) is 73.3 Å². The number of aryl methyl sites for hydroxylation is 1. The maximum atomic E-state index is 11.4. The van der Waals surface area contributed by atoms with E-state index in [1.807, 2.05) is 45.9 Å². The van der Waals surface area contributed by atoms with E-state index in [4.69, 9.17) is 4.74 Å². The van der Waals surface area contributed by atoms with Crippen LogP contribution in [0.25, 0.3) is 0 Å². The highest BCUT2D eigenvalue weighted by molar-refractivity contribution is 5.71. The maximum Gasteiger partial charge on any atom is 0.308 e. The van der Waals surface area contributed by atoms with E-state index >= 15 is 0 Å². The van der Waals surface area contributed by atoms with Crippen molar-refractivity contribution in [3.05, 3.63) is 35.9 Å². The number of hydrogen-bond donors (Lipinski definition) is 0. The average molecular weight is 323 g/mol. The van der Waals surface area contributed by atoms with Crippen molar-refractivity contribution >= 4 is 5.97 Å². The Balaban J connectivity index is 0. The third-order valence-corrected chi connectivity index (χ3v) is 3.49. The van der Waals surface area contributed by atoms with Gasteiger partial charge in [0.05, 0.1) is 12.5 Å².